The summed E-state index contributed by atoms with van der Waals surface area (Å²) in [5.74, 6) is 0.739. The Bertz CT molecular complexity index is 1170. The number of hydrogen-bond donors (Lipinski definition) is 0. The molecule has 0 unspecified atom stereocenters. The average Bonchev–Trinajstić information content (AvgIpc) is 3.04. The highest BCUT2D eigenvalue weighted by Crippen LogP contribution is 2.24. The van der Waals surface area contributed by atoms with E-state index in [1.54, 1.807) is 7.05 Å². The first kappa shape index (κ1) is 22.3. The maximum absolute atomic E-state index is 12.3. The molecule has 0 saturated heterocycles. The topological polar surface area (TPSA) is 83.5 Å². The number of aromatic nitrogens is 4. The van der Waals surface area contributed by atoms with Crippen molar-refractivity contribution in [3.05, 3.63) is 69.1 Å². The maximum atomic E-state index is 12.3. The zero-order valence-electron chi connectivity index (χ0n) is 19.1. The Hall–Kier alpha value is -3.42. The summed E-state index contributed by atoms with van der Waals surface area (Å²) < 4.78 is 8.67. The molecule has 1 aromatic heterocycles. The van der Waals surface area contributed by atoms with Gasteiger partial charge in [0.05, 0.1) is 11.4 Å². The second kappa shape index (κ2) is 8.75. The fraction of sp³-hybridized carbons (Fsp3) is 0.391. The van der Waals surface area contributed by atoms with Gasteiger partial charge in [0.25, 0.3) is 0 Å². The lowest BCUT2D eigenvalue weighted by Gasteiger charge is -2.17. The fourth-order valence-corrected chi connectivity index (χ4v) is 2.93. The van der Waals surface area contributed by atoms with Gasteiger partial charge in [-0.2, -0.15) is 9.36 Å². The van der Waals surface area contributed by atoms with E-state index < -0.39 is 0 Å². The van der Waals surface area contributed by atoms with Crippen LogP contribution in [0.5, 0.6) is 5.75 Å². The number of ether oxygens (including phenoxy) is 1. The smallest absolute Gasteiger partial charge is 0.368 e. The molecule has 0 N–H and O–H groups in total. The molecule has 31 heavy (non-hydrogen) atoms. The van der Waals surface area contributed by atoms with Crippen molar-refractivity contribution in [2.24, 2.45) is 12.2 Å². The van der Waals surface area contributed by atoms with Crippen molar-refractivity contribution < 1.29 is 9.57 Å². The van der Waals surface area contributed by atoms with Crippen LogP contribution in [0, 0.1) is 13.8 Å². The van der Waals surface area contributed by atoms with E-state index in [9.17, 15) is 4.79 Å². The van der Waals surface area contributed by atoms with Crippen LogP contribution in [0.1, 0.15) is 49.9 Å². The lowest BCUT2D eigenvalue weighted by Crippen LogP contribution is -2.23. The van der Waals surface area contributed by atoms with Crippen LogP contribution in [-0.2, 0) is 18.5 Å². The third-order valence-corrected chi connectivity index (χ3v) is 4.77. The van der Waals surface area contributed by atoms with Gasteiger partial charge in [-0.1, -0.05) is 29.4 Å². The Morgan fingerprint density at radius 1 is 1.10 bits per heavy atom. The van der Waals surface area contributed by atoms with E-state index in [1.165, 1.54) is 9.36 Å². The van der Waals surface area contributed by atoms with Crippen molar-refractivity contribution in [1.82, 2.24) is 19.8 Å². The number of aryl methyl sites for hydroxylation is 3. The molecule has 0 fully saturated rings. The summed E-state index contributed by atoms with van der Waals surface area (Å²) in [6.07, 6.45) is 0. The van der Waals surface area contributed by atoms with Gasteiger partial charge in [-0.15, -0.1) is 0 Å². The van der Waals surface area contributed by atoms with Gasteiger partial charge in [-0.25, -0.2) is 4.79 Å². The summed E-state index contributed by atoms with van der Waals surface area (Å²) in [6, 6.07) is 11.6. The van der Waals surface area contributed by atoms with E-state index in [-0.39, 0.29) is 17.9 Å². The molecule has 0 aliphatic rings. The van der Waals surface area contributed by atoms with Gasteiger partial charge in [-0.05, 0) is 75.2 Å². The molecule has 8 heteroatoms. The van der Waals surface area contributed by atoms with Gasteiger partial charge in [0.1, 0.15) is 18.0 Å². The van der Waals surface area contributed by atoms with Crippen LogP contribution in [0.4, 0.5) is 0 Å². The molecule has 2 aromatic carbocycles. The highest BCUT2D eigenvalue weighted by atomic mass is 16.6. The van der Waals surface area contributed by atoms with Gasteiger partial charge in [0, 0.05) is 18.2 Å². The van der Waals surface area contributed by atoms with E-state index in [0.717, 1.165) is 33.7 Å². The third-order valence-electron chi connectivity index (χ3n) is 4.77. The van der Waals surface area contributed by atoms with E-state index in [1.807, 2.05) is 77.9 Å². The Labute approximate surface area is 182 Å². The predicted octanol–water partition coefficient (Wildman–Crippen LogP) is 3.70. The fourth-order valence-electron chi connectivity index (χ4n) is 2.93. The monoisotopic (exact) mass is 423 g/mol. The van der Waals surface area contributed by atoms with Crippen LogP contribution in [0.25, 0.3) is 5.69 Å². The van der Waals surface area contributed by atoms with Crippen molar-refractivity contribution in [2.75, 3.05) is 0 Å². The van der Waals surface area contributed by atoms with Gasteiger partial charge in [0.15, 0.2) is 0 Å². The van der Waals surface area contributed by atoms with Crippen molar-refractivity contribution >= 4 is 5.71 Å². The summed E-state index contributed by atoms with van der Waals surface area (Å²) in [5, 5.41) is 12.0. The minimum absolute atomic E-state index is 0.282. The quantitative estimate of drug-likeness (QED) is 0.446. The molecular formula is C23H29N5O3. The van der Waals surface area contributed by atoms with Gasteiger partial charge < -0.3 is 9.57 Å². The van der Waals surface area contributed by atoms with Crippen molar-refractivity contribution in [3.8, 4) is 11.4 Å². The number of hydrogen-bond acceptors (Lipinski definition) is 6. The first-order valence-electron chi connectivity index (χ1n) is 10.1. The Morgan fingerprint density at radius 2 is 1.84 bits per heavy atom. The molecule has 0 radical (unpaired) electrons. The molecule has 8 nitrogen and oxygen atoms in total. The van der Waals surface area contributed by atoms with Crippen LogP contribution >= 0.6 is 0 Å². The van der Waals surface area contributed by atoms with Gasteiger partial charge >= 0.3 is 5.69 Å². The highest BCUT2D eigenvalue weighted by molar-refractivity contribution is 5.98. The van der Waals surface area contributed by atoms with E-state index in [0.29, 0.717) is 5.69 Å². The van der Waals surface area contributed by atoms with E-state index >= 15 is 0 Å². The second-order valence-corrected chi connectivity index (χ2v) is 8.52. The molecule has 0 atom stereocenters. The standard InChI is InChI=1S/C23H29N5O3/c1-15-9-8-10-20(28-22(29)27(7)25-26-28)19(15)14-30-21-13-18(12-11-16(21)2)17(3)24-31-23(4,5)6/h8-13H,14H2,1-7H3/b24-17+. The lowest BCUT2D eigenvalue weighted by molar-refractivity contribution is 0.000954. The zero-order chi connectivity index (χ0) is 22.8. The average molecular weight is 424 g/mol. The second-order valence-electron chi connectivity index (χ2n) is 8.52. The Kier molecular flexibility index (Phi) is 6.29. The minimum Gasteiger partial charge on any atom is -0.489 e. The molecule has 3 aromatic rings. The summed E-state index contributed by atoms with van der Waals surface area (Å²) in [7, 11) is 1.57. The van der Waals surface area contributed by atoms with Crippen LogP contribution in [0.2, 0.25) is 0 Å². The SMILES string of the molecule is C/C(=N\OC(C)(C)C)c1ccc(C)c(OCc2c(C)cccc2-n2nnn(C)c2=O)c1. The maximum Gasteiger partial charge on any atom is 0.368 e. The number of tetrazole rings is 1. The first-order chi connectivity index (χ1) is 14.6. The number of nitrogens with zero attached hydrogens (tertiary/aromatic N) is 5. The zero-order valence-corrected chi connectivity index (χ0v) is 19.1. The van der Waals surface area contributed by atoms with Crippen LogP contribution in [-0.4, -0.2) is 31.1 Å². The normalized spacial score (nSPS) is 12.2. The number of oxime groups is 1. The highest BCUT2D eigenvalue weighted by Gasteiger charge is 2.15. The molecule has 0 saturated carbocycles. The van der Waals surface area contributed by atoms with Crippen molar-refractivity contribution in [2.45, 2.75) is 53.8 Å². The van der Waals surface area contributed by atoms with Crippen LogP contribution < -0.4 is 10.4 Å². The summed E-state index contributed by atoms with van der Waals surface area (Å²) in [6.45, 7) is 12.0. The molecule has 0 spiro atoms. The molecule has 0 aliphatic heterocycles. The molecule has 0 amide bonds. The number of benzene rings is 2. The minimum atomic E-state index is -0.356. The predicted molar refractivity (Wildman–Crippen MR) is 120 cm³/mol. The first-order valence-corrected chi connectivity index (χ1v) is 10.1. The van der Waals surface area contributed by atoms with E-state index in [4.69, 9.17) is 9.57 Å². The summed E-state index contributed by atoms with van der Waals surface area (Å²) in [4.78, 5) is 17.9. The molecule has 0 aliphatic carbocycles. The molecule has 164 valence electrons. The number of rotatable bonds is 6. The molecule has 0 bridgehead atoms. The van der Waals surface area contributed by atoms with Crippen LogP contribution in [0.3, 0.4) is 0 Å². The largest absolute Gasteiger partial charge is 0.489 e. The Balaban J connectivity index is 1.89. The van der Waals surface area contributed by atoms with Crippen LogP contribution in [0.15, 0.2) is 46.3 Å². The summed E-state index contributed by atoms with van der Waals surface area (Å²) >= 11 is 0. The van der Waals surface area contributed by atoms with Crippen molar-refractivity contribution in [1.29, 1.82) is 0 Å². The Morgan fingerprint density at radius 3 is 2.48 bits per heavy atom. The molecule has 1 heterocycles. The van der Waals surface area contributed by atoms with Crippen molar-refractivity contribution in [3.63, 3.8) is 0 Å². The summed E-state index contributed by atoms with van der Waals surface area (Å²) in [5.41, 5.74) is 4.54. The molecule has 3 rings (SSSR count). The van der Waals surface area contributed by atoms with E-state index in [2.05, 4.69) is 15.6 Å². The third kappa shape index (κ3) is 5.20. The van der Waals surface area contributed by atoms with Gasteiger partial charge in [-0.3, -0.25) is 0 Å². The van der Waals surface area contributed by atoms with Gasteiger partial charge in [0.2, 0.25) is 0 Å². The lowest BCUT2D eigenvalue weighted by atomic mass is 10.1. The molecular weight excluding hydrogens is 394 g/mol.